The van der Waals surface area contributed by atoms with E-state index >= 15 is 0 Å². The zero-order valence-electron chi connectivity index (χ0n) is 11.2. The van der Waals surface area contributed by atoms with Crippen molar-refractivity contribution in [3.05, 3.63) is 35.1 Å². The van der Waals surface area contributed by atoms with Crippen LogP contribution in [0.5, 0.6) is 0 Å². The zero-order valence-corrected chi connectivity index (χ0v) is 11.2. The van der Waals surface area contributed by atoms with Gasteiger partial charge in [0.15, 0.2) is 0 Å². The van der Waals surface area contributed by atoms with Crippen molar-refractivity contribution in [2.75, 3.05) is 26.9 Å². The minimum absolute atomic E-state index is 0.230. The van der Waals surface area contributed by atoms with Crippen molar-refractivity contribution in [2.45, 2.75) is 18.9 Å². The maximum Gasteiger partial charge on any atom is 0.251 e. The Hall–Kier alpha value is -1.46. The molecule has 1 aliphatic rings. The number of rotatable bonds is 4. The third kappa shape index (κ3) is 3.11. The number of amides is 1. The summed E-state index contributed by atoms with van der Waals surface area (Å²) in [5.41, 5.74) is 0.465. The van der Waals surface area contributed by atoms with Gasteiger partial charge in [-0.2, -0.15) is 0 Å². The first-order chi connectivity index (χ1) is 9.06. The summed E-state index contributed by atoms with van der Waals surface area (Å²) in [7, 11) is 1.61. The van der Waals surface area contributed by atoms with E-state index in [1.54, 1.807) is 14.0 Å². The summed E-state index contributed by atoms with van der Waals surface area (Å²) in [5.74, 6) is -0.541. The standard InChI is InChI=1S/C14H18FNO3/c1-10-7-11(3-4-12(10)15)13(17)16-8-14(18-2)5-6-19-9-14/h3-4,7H,5-6,8-9H2,1-2H3,(H,16,17). The predicted octanol–water partition coefficient (Wildman–Crippen LogP) is 1.67. The first-order valence-corrected chi connectivity index (χ1v) is 6.24. The van der Waals surface area contributed by atoms with Crippen LogP contribution in [0.15, 0.2) is 18.2 Å². The van der Waals surface area contributed by atoms with Gasteiger partial charge in [0.05, 0.1) is 6.61 Å². The number of carbonyl (C=O) groups excluding carboxylic acids is 1. The second-order valence-corrected chi connectivity index (χ2v) is 4.84. The molecule has 0 aliphatic carbocycles. The lowest BCUT2D eigenvalue weighted by Crippen LogP contribution is -2.45. The first-order valence-electron chi connectivity index (χ1n) is 6.24. The molecule has 1 saturated heterocycles. The quantitative estimate of drug-likeness (QED) is 0.902. The van der Waals surface area contributed by atoms with Gasteiger partial charge >= 0.3 is 0 Å². The molecule has 1 aliphatic heterocycles. The third-order valence-corrected chi connectivity index (χ3v) is 3.49. The normalized spacial score (nSPS) is 22.5. The van der Waals surface area contributed by atoms with Crippen molar-refractivity contribution in [2.24, 2.45) is 0 Å². The highest BCUT2D eigenvalue weighted by molar-refractivity contribution is 5.94. The van der Waals surface area contributed by atoms with Crippen LogP contribution in [0.25, 0.3) is 0 Å². The van der Waals surface area contributed by atoms with Gasteiger partial charge in [0.25, 0.3) is 5.91 Å². The minimum atomic E-state index is -0.440. The van der Waals surface area contributed by atoms with Crippen molar-refractivity contribution in [1.29, 1.82) is 0 Å². The Kier molecular flexibility index (Phi) is 4.17. The average Bonchev–Trinajstić information content (AvgIpc) is 2.89. The van der Waals surface area contributed by atoms with E-state index in [-0.39, 0.29) is 11.7 Å². The number of nitrogens with one attached hydrogen (secondary N) is 1. The van der Waals surface area contributed by atoms with Crippen LogP contribution in [0, 0.1) is 12.7 Å². The molecule has 19 heavy (non-hydrogen) atoms. The lowest BCUT2D eigenvalue weighted by atomic mass is 10.0. The predicted molar refractivity (Wildman–Crippen MR) is 68.6 cm³/mol. The number of hydrogen-bond donors (Lipinski definition) is 1. The molecule has 1 aromatic rings. The van der Waals surface area contributed by atoms with Crippen LogP contribution in [0.3, 0.4) is 0 Å². The fourth-order valence-corrected chi connectivity index (χ4v) is 2.09. The van der Waals surface area contributed by atoms with E-state index in [2.05, 4.69) is 5.32 Å². The molecule has 1 unspecified atom stereocenters. The molecule has 104 valence electrons. The lowest BCUT2D eigenvalue weighted by molar-refractivity contribution is -0.0148. The Labute approximate surface area is 111 Å². The van der Waals surface area contributed by atoms with E-state index in [1.165, 1.54) is 18.2 Å². The molecule has 1 aromatic carbocycles. The highest BCUT2D eigenvalue weighted by atomic mass is 19.1. The van der Waals surface area contributed by atoms with Crippen LogP contribution in [0.2, 0.25) is 0 Å². The summed E-state index contributed by atoms with van der Waals surface area (Å²) in [6, 6.07) is 4.31. The summed E-state index contributed by atoms with van der Waals surface area (Å²) in [5, 5.41) is 2.81. The van der Waals surface area contributed by atoms with Gasteiger partial charge in [-0.25, -0.2) is 4.39 Å². The second-order valence-electron chi connectivity index (χ2n) is 4.84. The number of halogens is 1. The van der Waals surface area contributed by atoms with E-state index in [0.29, 0.717) is 30.9 Å². The van der Waals surface area contributed by atoms with Gasteiger partial charge in [-0.15, -0.1) is 0 Å². The number of hydrogen-bond acceptors (Lipinski definition) is 3. The first kappa shape index (κ1) is 14.0. The number of methoxy groups -OCH3 is 1. The van der Waals surface area contributed by atoms with Crippen molar-refractivity contribution in [1.82, 2.24) is 5.32 Å². The van der Waals surface area contributed by atoms with E-state index in [4.69, 9.17) is 9.47 Å². The number of benzene rings is 1. The zero-order chi connectivity index (χ0) is 13.9. The SMILES string of the molecule is COC1(CNC(=O)c2ccc(F)c(C)c2)CCOC1. The Morgan fingerprint density at radius 2 is 2.37 bits per heavy atom. The van der Waals surface area contributed by atoms with E-state index in [1.807, 2.05) is 0 Å². The fourth-order valence-electron chi connectivity index (χ4n) is 2.09. The molecule has 0 saturated carbocycles. The lowest BCUT2D eigenvalue weighted by Gasteiger charge is -2.25. The molecule has 5 heteroatoms. The average molecular weight is 267 g/mol. The van der Waals surface area contributed by atoms with Crippen molar-refractivity contribution in [3.63, 3.8) is 0 Å². The summed E-state index contributed by atoms with van der Waals surface area (Å²) in [4.78, 5) is 12.0. The Balaban J connectivity index is 1.99. The van der Waals surface area contributed by atoms with Crippen LogP contribution in [0.1, 0.15) is 22.3 Å². The molecule has 1 amide bonds. The number of carbonyl (C=O) groups is 1. The molecule has 1 atom stereocenters. The topological polar surface area (TPSA) is 47.6 Å². The number of aryl methyl sites for hydroxylation is 1. The smallest absolute Gasteiger partial charge is 0.251 e. The summed E-state index contributed by atoms with van der Waals surface area (Å²) >= 11 is 0. The highest BCUT2D eigenvalue weighted by Crippen LogP contribution is 2.21. The molecular weight excluding hydrogens is 249 g/mol. The van der Waals surface area contributed by atoms with Crippen molar-refractivity contribution in [3.8, 4) is 0 Å². The Bertz CT molecular complexity index is 470. The summed E-state index contributed by atoms with van der Waals surface area (Å²) in [6.07, 6.45) is 0.756. The monoisotopic (exact) mass is 267 g/mol. The van der Waals surface area contributed by atoms with Gasteiger partial charge in [-0.1, -0.05) is 0 Å². The van der Waals surface area contributed by atoms with E-state index in [0.717, 1.165) is 6.42 Å². The van der Waals surface area contributed by atoms with Crippen molar-refractivity contribution >= 4 is 5.91 Å². The van der Waals surface area contributed by atoms with Gasteiger partial charge < -0.3 is 14.8 Å². The van der Waals surface area contributed by atoms with Crippen LogP contribution < -0.4 is 5.32 Å². The van der Waals surface area contributed by atoms with Gasteiger partial charge in [-0.3, -0.25) is 4.79 Å². The Morgan fingerprint density at radius 3 is 2.95 bits per heavy atom. The van der Waals surface area contributed by atoms with Crippen LogP contribution >= 0.6 is 0 Å². The van der Waals surface area contributed by atoms with Crippen LogP contribution in [-0.4, -0.2) is 38.4 Å². The van der Waals surface area contributed by atoms with E-state index in [9.17, 15) is 9.18 Å². The molecule has 0 aromatic heterocycles. The third-order valence-electron chi connectivity index (χ3n) is 3.49. The molecular formula is C14H18FNO3. The summed E-state index contributed by atoms with van der Waals surface area (Å²) < 4.78 is 23.9. The maximum absolute atomic E-state index is 13.1. The van der Waals surface area contributed by atoms with Gasteiger partial charge in [0, 0.05) is 32.2 Å². The molecule has 1 heterocycles. The summed E-state index contributed by atoms with van der Waals surface area (Å²) in [6.45, 7) is 3.14. The fraction of sp³-hybridized carbons (Fsp3) is 0.500. The molecule has 0 radical (unpaired) electrons. The maximum atomic E-state index is 13.1. The van der Waals surface area contributed by atoms with Gasteiger partial charge in [0.2, 0.25) is 0 Å². The second kappa shape index (κ2) is 5.67. The largest absolute Gasteiger partial charge is 0.378 e. The van der Waals surface area contributed by atoms with Gasteiger partial charge in [0.1, 0.15) is 11.4 Å². The van der Waals surface area contributed by atoms with Crippen molar-refractivity contribution < 1.29 is 18.7 Å². The highest BCUT2D eigenvalue weighted by Gasteiger charge is 2.35. The molecule has 1 fully saturated rings. The van der Waals surface area contributed by atoms with E-state index < -0.39 is 5.60 Å². The van der Waals surface area contributed by atoms with Crippen LogP contribution in [0.4, 0.5) is 4.39 Å². The molecule has 1 N–H and O–H groups in total. The molecule has 2 rings (SSSR count). The minimum Gasteiger partial charge on any atom is -0.378 e. The molecule has 0 spiro atoms. The Morgan fingerprint density at radius 1 is 1.58 bits per heavy atom. The van der Waals surface area contributed by atoms with Crippen LogP contribution in [-0.2, 0) is 9.47 Å². The molecule has 4 nitrogen and oxygen atoms in total. The molecule has 0 bridgehead atoms. The van der Waals surface area contributed by atoms with Gasteiger partial charge in [-0.05, 0) is 30.7 Å². The number of ether oxygens (including phenoxy) is 2.